The Morgan fingerprint density at radius 1 is 1.36 bits per heavy atom. The highest BCUT2D eigenvalue weighted by Crippen LogP contribution is 2.15. The van der Waals surface area contributed by atoms with E-state index in [0.717, 1.165) is 39.1 Å². The molecular formula is C17H25FN2O2. The minimum absolute atomic E-state index is 0.0582. The van der Waals surface area contributed by atoms with Gasteiger partial charge in [0.05, 0.1) is 6.54 Å². The molecular weight excluding hydrogens is 283 g/mol. The van der Waals surface area contributed by atoms with Crippen molar-refractivity contribution in [2.75, 3.05) is 32.8 Å². The molecule has 1 aliphatic rings. The Kier molecular flexibility index (Phi) is 6.80. The summed E-state index contributed by atoms with van der Waals surface area (Å²) in [6.45, 7) is 6.06. The van der Waals surface area contributed by atoms with Crippen LogP contribution in [0.15, 0.2) is 24.3 Å². The minimum atomic E-state index is -0.280. The predicted molar refractivity (Wildman–Crippen MR) is 83.9 cm³/mol. The van der Waals surface area contributed by atoms with Gasteiger partial charge in [-0.2, -0.15) is 0 Å². The van der Waals surface area contributed by atoms with E-state index in [1.165, 1.54) is 6.07 Å². The normalized spacial score (nSPS) is 16.0. The van der Waals surface area contributed by atoms with Crippen molar-refractivity contribution in [1.29, 1.82) is 0 Å². The molecule has 0 radical (unpaired) electrons. The van der Waals surface area contributed by atoms with Crippen molar-refractivity contribution >= 4 is 5.91 Å². The first kappa shape index (κ1) is 16.9. The highest BCUT2D eigenvalue weighted by atomic mass is 19.1. The fraction of sp³-hybridized carbons (Fsp3) is 0.588. The molecule has 1 saturated heterocycles. The molecule has 1 aliphatic heterocycles. The van der Waals surface area contributed by atoms with Crippen LogP contribution >= 0.6 is 0 Å². The number of carbonyl (C=O) groups excluding carboxylic acids is 1. The van der Waals surface area contributed by atoms with Crippen LogP contribution in [0.4, 0.5) is 4.39 Å². The molecule has 0 spiro atoms. The number of benzene rings is 1. The van der Waals surface area contributed by atoms with Gasteiger partial charge >= 0.3 is 0 Å². The van der Waals surface area contributed by atoms with Crippen LogP contribution in [-0.2, 0) is 16.1 Å². The van der Waals surface area contributed by atoms with E-state index >= 15 is 0 Å². The summed E-state index contributed by atoms with van der Waals surface area (Å²) in [7, 11) is 0. The summed E-state index contributed by atoms with van der Waals surface area (Å²) < 4.78 is 18.9. The van der Waals surface area contributed by atoms with Crippen molar-refractivity contribution in [1.82, 2.24) is 10.2 Å². The summed E-state index contributed by atoms with van der Waals surface area (Å²) in [5.41, 5.74) is 0.517. The number of nitrogens with one attached hydrogen (secondary N) is 1. The molecule has 0 aromatic heterocycles. The van der Waals surface area contributed by atoms with Crippen molar-refractivity contribution in [3.63, 3.8) is 0 Å². The highest BCUT2D eigenvalue weighted by Gasteiger charge is 2.18. The number of rotatable bonds is 7. The molecule has 4 nitrogen and oxygen atoms in total. The zero-order chi connectivity index (χ0) is 15.8. The van der Waals surface area contributed by atoms with E-state index in [-0.39, 0.29) is 18.3 Å². The second-order valence-electron chi connectivity index (χ2n) is 5.75. The second kappa shape index (κ2) is 8.86. The van der Waals surface area contributed by atoms with E-state index in [1.54, 1.807) is 18.2 Å². The summed E-state index contributed by atoms with van der Waals surface area (Å²) in [5.74, 6) is 0.266. The Morgan fingerprint density at radius 2 is 2.09 bits per heavy atom. The molecule has 0 atom stereocenters. The van der Waals surface area contributed by atoms with Crippen LogP contribution in [0.5, 0.6) is 0 Å². The lowest BCUT2D eigenvalue weighted by Crippen LogP contribution is -2.40. The quantitative estimate of drug-likeness (QED) is 0.839. The first-order valence-electron chi connectivity index (χ1n) is 7.99. The smallest absolute Gasteiger partial charge is 0.234 e. The zero-order valence-corrected chi connectivity index (χ0v) is 13.2. The third kappa shape index (κ3) is 5.39. The van der Waals surface area contributed by atoms with Gasteiger partial charge in [-0.3, -0.25) is 9.69 Å². The number of ether oxygens (including phenoxy) is 1. The Bertz CT molecular complexity index is 475. The molecule has 2 rings (SSSR count). The summed E-state index contributed by atoms with van der Waals surface area (Å²) in [5, 5.41) is 2.80. The molecule has 0 unspecified atom stereocenters. The van der Waals surface area contributed by atoms with Gasteiger partial charge in [-0.05, 0) is 31.4 Å². The number of nitrogens with zero attached hydrogens (tertiary/aromatic N) is 1. The van der Waals surface area contributed by atoms with Gasteiger partial charge in [0.1, 0.15) is 5.82 Å². The first-order valence-corrected chi connectivity index (χ1v) is 7.99. The van der Waals surface area contributed by atoms with Gasteiger partial charge in [-0.1, -0.05) is 25.1 Å². The lowest BCUT2D eigenvalue weighted by Gasteiger charge is -2.28. The Morgan fingerprint density at radius 3 is 2.77 bits per heavy atom. The van der Waals surface area contributed by atoms with Crippen LogP contribution in [0, 0.1) is 11.7 Å². The van der Waals surface area contributed by atoms with E-state index in [2.05, 4.69) is 17.1 Å². The van der Waals surface area contributed by atoms with Crippen LogP contribution in [0.25, 0.3) is 0 Å². The predicted octanol–water partition coefficient (Wildman–Crippen LogP) is 2.19. The number of hydrogen-bond acceptors (Lipinski definition) is 3. The molecule has 1 N–H and O–H groups in total. The van der Waals surface area contributed by atoms with E-state index < -0.39 is 0 Å². The molecule has 5 heteroatoms. The number of halogens is 1. The van der Waals surface area contributed by atoms with Gasteiger partial charge in [-0.15, -0.1) is 0 Å². The second-order valence-corrected chi connectivity index (χ2v) is 5.75. The summed E-state index contributed by atoms with van der Waals surface area (Å²) >= 11 is 0. The van der Waals surface area contributed by atoms with Crippen LogP contribution in [0.3, 0.4) is 0 Å². The number of likely N-dealkylation sites (N-methyl/N-ethyl adjacent to an activating group) is 1. The standard InChI is InChI=1S/C17H25FN2O2/c1-2-20(12-14-7-9-22-10-8-14)13-17(21)19-11-15-5-3-4-6-16(15)18/h3-6,14H,2,7-13H2,1H3,(H,19,21). The van der Waals surface area contributed by atoms with Crippen LogP contribution in [0.1, 0.15) is 25.3 Å². The topological polar surface area (TPSA) is 41.6 Å². The molecule has 1 heterocycles. The van der Waals surface area contributed by atoms with Crippen LogP contribution < -0.4 is 5.32 Å². The summed E-state index contributed by atoms with van der Waals surface area (Å²) in [4.78, 5) is 14.2. The average Bonchev–Trinajstić information content (AvgIpc) is 2.54. The molecule has 1 amide bonds. The maximum Gasteiger partial charge on any atom is 0.234 e. The summed E-state index contributed by atoms with van der Waals surface area (Å²) in [6, 6.07) is 6.52. The molecule has 122 valence electrons. The van der Waals surface area contributed by atoms with Crippen LogP contribution in [0.2, 0.25) is 0 Å². The van der Waals surface area contributed by atoms with Gasteiger partial charge in [-0.25, -0.2) is 4.39 Å². The Labute approximate surface area is 131 Å². The number of amides is 1. The Balaban J connectivity index is 1.75. The largest absolute Gasteiger partial charge is 0.381 e. The van der Waals surface area contributed by atoms with Gasteiger partial charge in [0.2, 0.25) is 5.91 Å². The van der Waals surface area contributed by atoms with Crippen molar-refractivity contribution in [3.05, 3.63) is 35.6 Å². The molecule has 0 saturated carbocycles. The van der Waals surface area contributed by atoms with Crippen LogP contribution in [-0.4, -0.2) is 43.7 Å². The van der Waals surface area contributed by atoms with E-state index in [1.807, 2.05) is 0 Å². The van der Waals surface area contributed by atoms with Crippen molar-refractivity contribution in [2.24, 2.45) is 5.92 Å². The van der Waals surface area contributed by atoms with E-state index in [4.69, 9.17) is 4.74 Å². The minimum Gasteiger partial charge on any atom is -0.381 e. The van der Waals surface area contributed by atoms with E-state index in [9.17, 15) is 9.18 Å². The molecule has 22 heavy (non-hydrogen) atoms. The SMILES string of the molecule is CCN(CC(=O)NCc1ccccc1F)CC1CCOCC1. The van der Waals surface area contributed by atoms with Crippen molar-refractivity contribution in [3.8, 4) is 0 Å². The molecule has 1 fully saturated rings. The third-order valence-corrected chi connectivity index (χ3v) is 4.11. The fourth-order valence-corrected chi connectivity index (χ4v) is 2.69. The van der Waals surface area contributed by atoms with Gasteiger partial charge in [0, 0.05) is 31.9 Å². The van der Waals surface area contributed by atoms with Gasteiger partial charge in [0.25, 0.3) is 0 Å². The van der Waals surface area contributed by atoms with E-state index in [0.29, 0.717) is 18.0 Å². The van der Waals surface area contributed by atoms with Crippen molar-refractivity contribution in [2.45, 2.75) is 26.3 Å². The first-order chi connectivity index (χ1) is 10.7. The lowest BCUT2D eigenvalue weighted by molar-refractivity contribution is -0.122. The molecule has 1 aromatic rings. The van der Waals surface area contributed by atoms with Gasteiger partial charge in [0.15, 0.2) is 0 Å². The van der Waals surface area contributed by atoms with Gasteiger partial charge < -0.3 is 10.1 Å². The lowest BCUT2D eigenvalue weighted by atomic mass is 10.00. The monoisotopic (exact) mass is 308 g/mol. The summed E-state index contributed by atoms with van der Waals surface area (Å²) in [6.07, 6.45) is 2.13. The zero-order valence-electron chi connectivity index (χ0n) is 13.2. The fourth-order valence-electron chi connectivity index (χ4n) is 2.69. The molecule has 1 aromatic carbocycles. The van der Waals surface area contributed by atoms with Crippen molar-refractivity contribution < 1.29 is 13.9 Å². The number of hydrogen-bond donors (Lipinski definition) is 1. The maximum absolute atomic E-state index is 13.5. The number of carbonyl (C=O) groups is 1. The third-order valence-electron chi connectivity index (χ3n) is 4.11. The molecule has 0 bridgehead atoms. The maximum atomic E-state index is 13.5. The highest BCUT2D eigenvalue weighted by molar-refractivity contribution is 5.78. The molecule has 0 aliphatic carbocycles. The average molecular weight is 308 g/mol. The Hall–Kier alpha value is -1.46.